The highest BCUT2D eigenvalue weighted by molar-refractivity contribution is 6.65. The fraction of sp³-hybridized carbons (Fsp3) is 0.107. The summed E-state index contributed by atoms with van der Waals surface area (Å²) in [6, 6.07) is 17.6. The lowest BCUT2D eigenvalue weighted by atomic mass is 10.1. The molecule has 11 nitrogen and oxygen atoms in total. The number of Topliss-reactive ketones (excluding diaryl/α,β-unsaturated/α-hetero) is 1. The first-order valence-electron chi connectivity index (χ1n) is 12.0. The molecule has 39 heavy (non-hydrogen) atoms. The average molecular weight is 522 g/mol. The quantitative estimate of drug-likeness (QED) is 0.354. The minimum Gasteiger partial charge on any atom is -0.324 e. The summed E-state index contributed by atoms with van der Waals surface area (Å²) >= 11 is 0. The number of pyridine rings is 1. The lowest BCUT2D eigenvalue weighted by Gasteiger charge is -2.22. The third-order valence-corrected chi connectivity index (χ3v) is 6.20. The summed E-state index contributed by atoms with van der Waals surface area (Å²) < 4.78 is 0. The average Bonchev–Trinajstić information content (AvgIpc) is 3.13. The molecule has 0 atom stereocenters. The van der Waals surface area contributed by atoms with Gasteiger partial charge in [-0.25, -0.2) is 20.0 Å². The zero-order valence-electron chi connectivity index (χ0n) is 21.1. The van der Waals surface area contributed by atoms with Crippen LogP contribution in [0.15, 0.2) is 79.3 Å². The van der Waals surface area contributed by atoms with Gasteiger partial charge >= 0.3 is 17.6 Å². The molecular weight excluding hydrogens is 498 g/mol. The van der Waals surface area contributed by atoms with Crippen LogP contribution in [0, 0.1) is 6.92 Å². The molecule has 0 unspecified atom stereocenters. The van der Waals surface area contributed by atoms with E-state index in [1.807, 2.05) is 31.2 Å². The molecule has 3 heterocycles. The number of anilines is 3. The molecule has 11 heteroatoms. The van der Waals surface area contributed by atoms with Crippen molar-refractivity contribution in [3.05, 3.63) is 95.9 Å². The van der Waals surface area contributed by atoms with Gasteiger partial charge in [-0.3, -0.25) is 24.2 Å². The summed E-state index contributed by atoms with van der Waals surface area (Å²) in [6.45, 7) is 1.97. The van der Waals surface area contributed by atoms with Crippen molar-refractivity contribution in [1.29, 1.82) is 0 Å². The largest absolute Gasteiger partial charge is 0.324 e. The van der Waals surface area contributed by atoms with Crippen LogP contribution >= 0.6 is 0 Å². The zero-order chi connectivity index (χ0) is 27.5. The fourth-order valence-corrected chi connectivity index (χ4v) is 3.97. The molecule has 2 aromatic heterocycles. The van der Waals surface area contributed by atoms with Crippen LogP contribution < -0.4 is 10.6 Å². The van der Waals surface area contributed by atoms with Crippen LogP contribution in [0.5, 0.6) is 0 Å². The van der Waals surface area contributed by atoms with Crippen molar-refractivity contribution in [3.63, 3.8) is 0 Å². The van der Waals surface area contributed by atoms with Crippen molar-refractivity contribution in [2.24, 2.45) is 0 Å². The molecule has 0 aliphatic carbocycles. The molecule has 0 saturated carbocycles. The number of hydrogen-bond donors (Lipinski definition) is 2. The van der Waals surface area contributed by atoms with E-state index in [2.05, 4.69) is 25.6 Å². The molecule has 1 aliphatic heterocycles. The van der Waals surface area contributed by atoms with Gasteiger partial charge in [-0.1, -0.05) is 18.2 Å². The van der Waals surface area contributed by atoms with Crippen LogP contribution in [0.4, 0.5) is 17.3 Å². The van der Waals surface area contributed by atoms with E-state index in [0.29, 0.717) is 22.8 Å². The van der Waals surface area contributed by atoms with E-state index >= 15 is 0 Å². The number of rotatable bonds is 7. The summed E-state index contributed by atoms with van der Waals surface area (Å²) in [4.78, 5) is 61.1. The molecule has 3 amide bonds. The molecule has 2 aromatic carbocycles. The first-order chi connectivity index (χ1) is 18.8. The van der Waals surface area contributed by atoms with Gasteiger partial charge < -0.3 is 10.6 Å². The molecule has 4 aromatic rings. The zero-order valence-corrected chi connectivity index (χ0v) is 21.1. The Morgan fingerprint density at radius 3 is 2.33 bits per heavy atom. The number of ketones is 1. The standard InChI is InChI=1S/C28H23N7O4/c1-17-3-8-21(15-23(17)33-28-30-14-11-22(32-28)19-9-12-29-13-10-19)31-25(37)20-6-4-18(5-7-20)16-35-27(39)24(36)26(38)34(35)2/h3-15H,16H2,1-2H3,(H,31,37)(H,30,32,33). The van der Waals surface area contributed by atoms with Crippen molar-refractivity contribution in [3.8, 4) is 11.3 Å². The van der Waals surface area contributed by atoms with Crippen LogP contribution in [0.3, 0.4) is 0 Å². The van der Waals surface area contributed by atoms with Crippen LogP contribution in [0.2, 0.25) is 0 Å². The topological polar surface area (TPSA) is 137 Å². The minimum absolute atomic E-state index is 0.0339. The van der Waals surface area contributed by atoms with Gasteiger partial charge in [-0.2, -0.15) is 0 Å². The predicted molar refractivity (Wildman–Crippen MR) is 142 cm³/mol. The first kappa shape index (κ1) is 25.2. The van der Waals surface area contributed by atoms with E-state index in [9.17, 15) is 19.2 Å². The number of carbonyl (C=O) groups is 4. The molecule has 1 saturated heterocycles. The fourth-order valence-electron chi connectivity index (χ4n) is 3.97. The second-order valence-corrected chi connectivity index (χ2v) is 8.83. The maximum atomic E-state index is 12.9. The van der Waals surface area contributed by atoms with Crippen LogP contribution in [-0.2, 0) is 20.9 Å². The van der Waals surface area contributed by atoms with E-state index in [1.54, 1.807) is 55.0 Å². The molecule has 194 valence electrons. The normalized spacial score (nSPS) is 13.1. The van der Waals surface area contributed by atoms with Crippen molar-refractivity contribution < 1.29 is 19.2 Å². The van der Waals surface area contributed by atoms with E-state index < -0.39 is 17.6 Å². The Bertz CT molecular complexity index is 1590. The van der Waals surface area contributed by atoms with E-state index in [4.69, 9.17) is 0 Å². The summed E-state index contributed by atoms with van der Waals surface area (Å²) in [7, 11) is 1.36. The SMILES string of the molecule is Cc1ccc(NC(=O)c2ccc(CN3C(=O)C(=O)C(=O)N3C)cc2)cc1Nc1nccc(-c2ccncc2)n1. The summed E-state index contributed by atoms with van der Waals surface area (Å²) in [5.74, 6) is -2.71. The van der Waals surface area contributed by atoms with Crippen molar-refractivity contribution in [2.45, 2.75) is 13.5 Å². The smallest absolute Gasteiger partial charge is 0.319 e. The molecule has 2 N–H and O–H groups in total. The van der Waals surface area contributed by atoms with Gasteiger partial charge in [0.1, 0.15) is 0 Å². The predicted octanol–water partition coefficient (Wildman–Crippen LogP) is 3.13. The van der Waals surface area contributed by atoms with Gasteiger partial charge in [-0.15, -0.1) is 0 Å². The monoisotopic (exact) mass is 521 g/mol. The van der Waals surface area contributed by atoms with Gasteiger partial charge in [0.2, 0.25) is 5.95 Å². The molecule has 0 bridgehead atoms. The number of hydrogen-bond acceptors (Lipinski definition) is 8. The van der Waals surface area contributed by atoms with E-state index in [1.165, 1.54) is 7.05 Å². The maximum Gasteiger partial charge on any atom is 0.319 e. The number of hydrazine groups is 1. The Labute approximate surface area is 223 Å². The lowest BCUT2D eigenvalue weighted by molar-refractivity contribution is -0.145. The number of aryl methyl sites for hydroxylation is 1. The third kappa shape index (κ3) is 5.32. The van der Waals surface area contributed by atoms with Crippen LogP contribution in [0.25, 0.3) is 11.3 Å². The van der Waals surface area contributed by atoms with Gasteiger partial charge in [0.25, 0.3) is 5.91 Å². The number of benzene rings is 2. The highest BCUT2D eigenvalue weighted by atomic mass is 16.2. The number of amides is 3. The summed E-state index contributed by atoms with van der Waals surface area (Å²) in [5, 5.41) is 8.16. The molecule has 1 fully saturated rings. The van der Waals surface area contributed by atoms with E-state index in [0.717, 1.165) is 32.5 Å². The van der Waals surface area contributed by atoms with Crippen molar-refractivity contribution in [2.75, 3.05) is 17.7 Å². The summed E-state index contributed by atoms with van der Waals surface area (Å²) in [6.07, 6.45) is 5.07. The number of nitrogens with one attached hydrogen (secondary N) is 2. The third-order valence-electron chi connectivity index (χ3n) is 6.20. The maximum absolute atomic E-state index is 12.9. The molecule has 1 aliphatic rings. The molecule has 0 spiro atoms. The Balaban J connectivity index is 1.26. The number of nitrogens with zero attached hydrogens (tertiary/aromatic N) is 5. The van der Waals surface area contributed by atoms with Crippen molar-refractivity contribution >= 4 is 40.8 Å². The highest BCUT2D eigenvalue weighted by Crippen LogP contribution is 2.25. The Hall–Kier alpha value is -5.45. The number of aromatic nitrogens is 3. The molecular formula is C28H23N7O4. The Morgan fingerprint density at radius 2 is 1.64 bits per heavy atom. The minimum atomic E-state index is -1.06. The van der Waals surface area contributed by atoms with Crippen LogP contribution in [0.1, 0.15) is 21.5 Å². The first-order valence-corrected chi connectivity index (χ1v) is 12.0. The Kier molecular flexibility index (Phi) is 6.79. The highest BCUT2D eigenvalue weighted by Gasteiger charge is 2.42. The van der Waals surface area contributed by atoms with Crippen molar-refractivity contribution in [1.82, 2.24) is 25.0 Å². The second-order valence-electron chi connectivity index (χ2n) is 8.83. The number of carbonyl (C=O) groups excluding carboxylic acids is 4. The van der Waals surface area contributed by atoms with Crippen LogP contribution in [-0.4, -0.2) is 55.5 Å². The number of likely N-dealkylation sites (N-methyl/N-ethyl adjacent to an activating group) is 1. The summed E-state index contributed by atoms with van der Waals surface area (Å²) in [5.41, 5.74) is 4.97. The van der Waals surface area contributed by atoms with Gasteiger partial charge in [0.15, 0.2) is 0 Å². The van der Waals surface area contributed by atoms with Gasteiger partial charge in [-0.05, 0) is 60.5 Å². The molecule has 5 rings (SSSR count). The second kappa shape index (κ2) is 10.5. The lowest BCUT2D eigenvalue weighted by Crippen LogP contribution is -2.37. The van der Waals surface area contributed by atoms with E-state index in [-0.39, 0.29) is 12.5 Å². The van der Waals surface area contributed by atoms with Gasteiger partial charge in [0, 0.05) is 48.1 Å². The Morgan fingerprint density at radius 1 is 0.897 bits per heavy atom. The molecule has 0 radical (unpaired) electrons. The van der Waals surface area contributed by atoms with Gasteiger partial charge in [0.05, 0.1) is 12.2 Å².